The Morgan fingerprint density at radius 2 is 1.71 bits per heavy atom. The Morgan fingerprint density at radius 1 is 1.09 bits per heavy atom. The lowest BCUT2D eigenvalue weighted by molar-refractivity contribution is -0.991. The normalized spacial score (nSPS) is 16.1. The van der Waals surface area contributed by atoms with E-state index in [1.54, 1.807) is 12.1 Å². The molecule has 2 heterocycles. The third-order valence-electron chi connectivity index (χ3n) is 5.31. The number of ether oxygens (including phenoxy) is 1. The van der Waals surface area contributed by atoms with Crippen molar-refractivity contribution < 1.29 is 34.3 Å². The minimum atomic E-state index is -1.72. The minimum absolute atomic E-state index is 0.0773. The highest BCUT2D eigenvalue weighted by atomic mass is 35.5. The van der Waals surface area contributed by atoms with Crippen LogP contribution in [0.15, 0.2) is 60.9 Å². The van der Waals surface area contributed by atoms with E-state index in [0.29, 0.717) is 0 Å². The van der Waals surface area contributed by atoms with Gasteiger partial charge in [-0.05, 0) is 18.2 Å². The second-order valence-corrected chi connectivity index (χ2v) is 8.24. The fraction of sp³-hybridized carbons (Fsp3) is 0.0870. The van der Waals surface area contributed by atoms with E-state index < -0.39 is 40.7 Å². The average Bonchev–Trinajstić information content (AvgIpc) is 3.17. The van der Waals surface area contributed by atoms with Crippen molar-refractivity contribution in [2.75, 3.05) is 5.32 Å². The van der Waals surface area contributed by atoms with Gasteiger partial charge in [-0.25, -0.2) is 10.0 Å². The maximum atomic E-state index is 13.4. The van der Waals surface area contributed by atoms with Crippen LogP contribution in [-0.4, -0.2) is 33.6 Å². The van der Waals surface area contributed by atoms with Crippen LogP contribution < -0.4 is 10.5 Å². The van der Waals surface area contributed by atoms with Crippen LogP contribution in [0, 0.1) is 11.1 Å². The lowest BCUT2D eigenvalue weighted by Gasteiger charge is -2.21. The Labute approximate surface area is 207 Å². The van der Waals surface area contributed by atoms with Crippen molar-refractivity contribution in [3.05, 3.63) is 92.9 Å². The van der Waals surface area contributed by atoms with Gasteiger partial charge < -0.3 is 15.3 Å². The molecule has 0 spiro atoms. The largest absolute Gasteiger partial charge is 0.595 e. The van der Waals surface area contributed by atoms with Gasteiger partial charge in [0, 0.05) is 35.7 Å². The van der Waals surface area contributed by atoms with Crippen molar-refractivity contribution in [3.63, 3.8) is 0 Å². The molecule has 12 heteroatoms. The van der Waals surface area contributed by atoms with Crippen LogP contribution in [0.1, 0.15) is 32.4 Å². The molecule has 3 N–H and O–H groups in total. The molecule has 1 aliphatic rings. The van der Waals surface area contributed by atoms with E-state index in [2.05, 4.69) is 10.3 Å². The number of halogens is 2. The molecule has 1 aliphatic heterocycles. The molecular formula is C23H15Cl2N3O7. The second kappa shape index (κ2) is 9.90. The Hall–Kier alpha value is -3.67. The first-order chi connectivity index (χ1) is 16.7. The number of aromatic nitrogens is 1. The number of nitrogens with one attached hydrogen (secondary N) is 2. The number of nitrogens with zero attached hydrogens (tertiary/aromatic N) is 1. The summed E-state index contributed by atoms with van der Waals surface area (Å²) in [4.78, 5) is 55.9. The standard InChI is InChI=1S/C23H15Cl2N3O7/c24-15-9-12(28(33)34)10-16(25)18(15)27-22(31)20(30)17(19(29)11-5-7-26-8-6-11)21-13-3-1-2-4-14(13)23(32)35-21/h1-10,17,21,28,33H,(H,27,31). The summed E-state index contributed by atoms with van der Waals surface area (Å²) in [6.45, 7) is 0. The SMILES string of the molecule is O=C(Nc1c(Cl)cc([NH+]([O-])O)cc1Cl)C(=O)C(C(=O)c1ccncc1)C1OC(=O)c2ccccc21. The Bertz CT molecular complexity index is 1320. The first-order valence-corrected chi connectivity index (χ1v) is 10.8. The van der Waals surface area contributed by atoms with E-state index in [-0.39, 0.29) is 38.1 Å². The van der Waals surface area contributed by atoms with E-state index in [1.165, 1.54) is 36.7 Å². The highest BCUT2D eigenvalue weighted by Gasteiger charge is 2.46. The first-order valence-electron chi connectivity index (χ1n) is 10.0. The third-order valence-corrected chi connectivity index (χ3v) is 5.90. The molecule has 0 aliphatic carbocycles. The number of carbonyl (C=O) groups excluding carboxylic acids is 4. The molecule has 0 fully saturated rings. The van der Waals surface area contributed by atoms with Crippen LogP contribution in [0.3, 0.4) is 0 Å². The molecule has 0 radical (unpaired) electrons. The van der Waals surface area contributed by atoms with Crippen molar-refractivity contribution in [1.29, 1.82) is 0 Å². The Kier molecular flexibility index (Phi) is 6.92. The van der Waals surface area contributed by atoms with Gasteiger partial charge in [0.1, 0.15) is 12.0 Å². The molecule has 2 aromatic carbocycles. The summed E-state index contributed by atoms with van der Waals surface area (Å²) in [7, 11) is 0. The molecule has 1 amide bonds. The van der Waals surface area contributed by atoms with Crippen LogP contribution in [0.5, 0.6) is 0 Å². The molecule has 178 valence electrons. The molecule has 4 rings (SSSR count). The Balaban J connectivity index is 1.71. The van der Waals surface area contributed by atoms with Crippen LogP contribution >= 0.6 is 23.2 Å². The van der Waals surface area contributed by atoms with Gasteiger partial charge in [0.25, 0.3) is 5.91 Å². The van der Waals surface area contributed by atoms with Gasteiger partial charge in [-0.3, -0.25) is 19.4 Å². The summed E-state index contributed by atoms with van der Waals surface area (Å²) < 4.78 is 5.35. The molecule has 0 saturated heterocycles. The van der Waals surface area contributed by atoms with Gasteiger partial charge in [0.2, 0.25) is 5.78 Å². The number of rotatable bonds is 7. The smallest absolute Gasteiger partial charge is 0.339 e. The van der Waals surface area contributed by atoms with Gasteiger partial charge >= 0.3 is 5.97 Å². The van der Waals surface area contributed by atoms with Crippen LogP contribution in [0.4, 0.5) is 11.4 Å². The number of esters is 1. The van der Waals surface area contributed by atoms with Crippen molar-refractivity contribution in [3.8, 4) is 0 Å². The zero-order chi connectivity index (χ0) is 25.3. The lowest BCUT2D eigenvalue weighted by Crippen LogP contribution is -2.99. The minimum Gasteiger partial charge on any atom is -0.595 e. The van der Waals surface area contributed by atoms with Gasteiger partial charge in [-0.15, -0.1) is 0 Å². The third kappa shape index (κ3) is 4.78. The number of amides is 1. The number of hydrogen-bond donors (Lipinski definition) is 3. The van der Waals surface area contributed by atoms with Gasteiger partial charge in [-0.1, -0.05) is 41.4 Å². The number of cyclic esters (lactones) is 1. The molecule has 3 atom stereocenters. The number of hydrogen-bond acceptors (Lipinski definition) is 8. The number of benzene rings is 2. The summed E-state index contributed by atoms with van der Waals surface area (Å²) in [5.74, 6) is -5.69. The van der Waals surface area contributed by atoms with E-state index >= 15 is 0 Å². The predicted molar refractivity (Wildman–Crippen MR) is 123 cm³/mol. The summed E-state index contributed by atoms with van der Waals surface area (Å²) in [6.07, 6.45) is 1.33. The molecule has 0 saturated carbocycles. The van der Waals surface area contributed by atoms with Crippen molar-refractivity contribution in [2.45, 2.75) is 6.10 Å². The highest BCUT2D eigenvalue weighted by Crippen LogP contribution is 2.39. The zero-order valence-electron chi connectivity index (χ0n) is 17.5. The van der Waals surface area contributed by atoms with E-state index in [4.69, 9.17) is 33.1 Å². The molecule has 0 bridgehead atoms. The molecule has 10 nitrogen and oxygen atoms in total. The summed E-state index contributed by atoms with van der Waals surface area (Å²) in [5, 5.41) is 20.8. The lowest BCUT2D eigenvalue weighted by atomic mass is 9.85. The number of pyridine rings is 1. The predicted octanol–water partition coefficient (Wildman–Crippen LogP) is 2.71. The summed E-state index contributed by atoms with van der Waals surface area (Å²) >= 11 is 12.1. The van der Waals surface area contributed by atoms with Crippen LogP contribution in [0.2, 0.25) is 10.0 Å². The quantitative estimate of drug-likeness (QED) is 0.143. The van der Waals surface area contributed by atoms with E-state index in [9.17, 15) is 24.4 Å². The molecular weight excluding hydrogens is 501 g/mol. The van der Waals surface area contributed by atoms with Gasteiger partial charge in [-0.2, -0.15) is 5.23 Å². The van der Waals surface area contributed by atoms with Crippen molar-refractivity contribution in [1.82, 2.24) is 4.98 Å². The second-order valence-electron chi connectivity index (χ2n) is 7.43. The maximum absolute atomic E-state index is 13.4. The summed E-state index contributed by atoms with van der Waals surface area (Å²) in [5.41, 5.74) is 0.0927. The molecule has 35 heavy (non-hydrogen) atoms. The number of ketones is 2. The van der Waals surface area contributed by atoms with Crippen LogP contribution in [-0.2, 0) is 14.3 Å². The first kappa shape index (κ1) is 24.5. The summed E-state index contributed by atoms with van der Waals surface area (Å²) in [6, 6.07) is 11.0. The number of quaternary nitrogens is 1. The van der Waals surface area contributed by atoms with Crippen molar-refractivity contribution >= 4 is 58.0 Å². The molecule has 3 unspecified atom stereocenters. The van der Waals surface area contributed by atoms with E-state index in [0.717, 1.165) is 12.1 Å². The fourth-order valence-corrected chi connectivity index (χ4v) is 4.22. The fourth-order valence-electron chi connectivity index (χ4n) is 3.64. The zero-order valence-corrected chi connectivity index (χ0v) is 19.0. The number of anilines is 1. The van der Waals surface area contributed by atoms with Crippen LogP contribution in [0.25, 0.3) is 0 Å². The number of carbonyl (C=O) groups is 4. The highest BCUT2D eigenvalue weighted by molar-refractivity contribution is 6.48. The number of fused-ring (bicyclic) bond motifs is 1. The van der Waals surface area contributed by atoms with Gasteiger partial charge in [0.05, 0.1) is 21.3 Å². The topological polar surface area (TPSA) is 150 Å². The number of Topliss-reactive ketones (excluding diaryl/α,β-unsaturated/α-hetero) is 2. The Morgan fingerprint density at radius 3 is 2.34 bits per heavy atom. The average molecular weight is 516 g/mol. The monoisotopic (exact) mass is 515 g/mol. The molecule has 1 aromatic heterocycles. The van der Waals surface area contributed by atoms with Gasteiger partial charge in [0.15, 0.2) is 11.5 Å². The van der Waals surface area contributed by atoms with E-state index in [1.807, 2.05) is 0 Å². The maximum Gasteiger partial charge on any atom is 0.339 e. The molecule has 3 aromatic rings. The van der Waals surface area contributed by atoms with Crippen molar-refractivity contribution in [2.24, 2.45) is 5.92 Å².